The van der Waals surface area contributed by atoms with Crippen LogP contribution in [0, 0.1) is 11.3 Å². The molecule has 0 N–H and O–H groups in total. The zero-order valence-corrected chi connectivity index (χ0v) is 57.8. The first kappa shape index (κ1) is 59.0. The molecule has 0 unspecified atom stereocenters. The van der Waals surface area contributed by atoms with Crippen molar-refractivity contribution in [3.63, 3.8) is 0 Å². The standard InChI is InChI=1S/C89H73BN4O2S/c1-86(2,3)53-29-37-72-64(43-53)65-44-54(87(4,5)6)30-38-73(65)92(72)57-33-35-69-78(47-57)96-80-49-58(93-70-23-15-13-19-59(70)63-41-51(50-91)27-36-71(63)93)48-79-85(80)90(69)68-34-28-52(42-77(68)95-79)83-60(61-22-18-26-82-84(61)62-20-14-16-25-81(62)97-82)21-17-24-76(83)94-74-39-31-55(88(7,8)9)45-66(74)67-46-56(89(10,11)12)32-40-75(67)94/h13-49H,1-12H3. The molecular formula is C89H73BN4O2S. The van der Waals surface area contributed by atoms with Crippen LogP contribution in [-0.4, -0.2) is 20.4 Å². The number of benzene rings is 12. The van der Waals surface area contributed by atoms with Gasteiger partial charge in [-0.15, -0.1) is 11.3 Å². The van der Waals surface area contributed by atoms with E-state index < -0.39 is 0 Å². The molecule has 2 aliphatic heterocycles. The Morgan fingerprint density at radius 2 is 0.814 bits per heavy atom. The smallest absolute Gasteiger partial charge is 0.260 e. The lowest BCUT2D eigenvalue weighted by molar-refractivity contribution is 0.464. The molecule has 6 nitrogen and oxygen atoms in total. The fourth-order valence-corrected chi connectivity index (χ4v) is 17.0. The third kappa shape index (κ3) is 9.04. The Bertz CT molecular complexity index is 6010. The maximum Gasteiger partial charge on any atom is 0.260 e. The highest BCUT2D eigenvalue weighted by Crippen LogP contribution is 2.50. The van der Waals surface area contributed by atoms with Crippen LogP contribution in [0.5, 0.6) is 23.0 Å². The molecule has 470 valence electrons. The Morgan fingerprint density at radius 3 is 1.39 bits per heavy atom. The summed E-state index contributed by atoms with van der Waals surface area (Å²) in [6.07, 6.45) is 0. The molecule has 0 saturated heterocycles. The minimum Gasteiger partial charge on any atom is -0.458 e. The Kier molecular flexibility index (Phi) is 12.6. The van der Waals surface area contributed by atoms with Crippen LogP contribution < -0.4 is 25.9 Å². The van der Waals surface area contributed by atoms with Gasteiger partial charge in [0, 0.05) is 87.4 Å². The Balaban J connectivity index is 0.892. The number of fused-ring (bicyclic) bond motifs is 16. The summed E-state index contributed by atoms with van der Waals surface area (Å²) in [7, 11) is 0. The van der Waals surface area contributed by atoms with Crippen molar-refractivity contribution >= 4 is 120 Å². The third-order valence-electron chi connectivity index (χ3n) is 21.0. The number of nitriles is 1. The van der Waals surface area contributed by atoms with Gasteiger partial charge in [0.15, 0.2) is 0 Å². The van der Waals surface area contributed by atoms with Crippen molar-refractivity contribution in [2.45, 2.75) is 105 Å². The lowest BCUT2D eigenvalue weighted by atomic mass is 9.35. The maximum atomic E-state index is 10.2. The highest BCUT2D eigenvalue weighted by Gasteiger charge is 2.42. The summed E-state index contributed by atoms with van der Waals surface area (Å²) in [5.74, 6) is 3.05. The van der Waals surface area contributed by atoms with E-state index in [2.05, 4.69) is 315 Å². The number of hydrogen-bond acceptors (Lipinski definition) is 4. The quantitative estimate of drug-likeness (QED) is 0.161. The predicted molar refractivity (Wildman–Crippen MR) is 410 cm³/mol. The number of thiophene rings is 1. The van der Waals surface area contributed by atoms with Crippen LogP contribution in [0.3, 0.4) is 0 Å². The summed E-state index contributed by atoms with van der Waals surface area (Å²) in [5, 5.41) is 19.8. The first-order valence-electron chi connectivity index (χ1n) is 34.0. The average Bonchev–Trinajstić information content (AvgIpc) is 1.70. The zero-order chi connectivity index (χ0) is 66.5. The van der Waals surface area contributed by atoms with Gasteiger partial charge in [-0.1, -0.05) is 186 Å². The average molecular weight is 1270 g/mol. The van der Waals surface area contributed by atoms with Crippen LogP contribution in [0.15, 0.2) is 224 Å². The predicted octanol–water partition coefficient (Wildman–Crippen LogP) is 22.5. The van der Waals surface area contributed by atoms with Gasteiger partial charge in [-0.25, -0.2) is 0 Å². The normalized spacial score (nSPS) is 13.3. The van der Waals surface area contributed by atoms with Gasteiger partial charge in [-0.2, -0.15) is 5.26 Å². The van der Waals surface area contributed by atoms with Crippen molar-refractivity contribution in [2.75, 3.05) is 0 Å². The van der Waals surface area contributed by atoms with Crippen molar-refractivity contribution < 1.29 is 9.47 Å². The SMILES string of the molecule is CC(C)(C)c1ccc2c(c1)c1cc(C(C)(C)C)ccc1n2-c1ccc2c(c1)Oc1cc(-n3c4ccccc4c4cc(C#N)ccc43)cc3c1B2c1ccc(-c2c(-c4cccc5sc6ccccc6c45)cccc2-n2c4ccc(C(C)(C)C)cc4c4cc(C(C)(C)C)ccc42)cc1O3. The second kappa shape index (κ2) is 20.7. The van der Waals surface area contributed by atoms with Crippen molar-refractivity contribution in [3.8, 4) is 68.4 Å². The molecule has 18 rings (SSSR count). The van der Waals surface area contributed by atoms with E-state index in [0.29, 0.717) is 5.56 Å². The number of rotatable bonds is 5. The van der Waals surface area contributed by atoms with E-state index in [9.17, 15) is 5.26 Å². The summed E-state index contributed by atoms with van der Waals surface area (Å²) in [6, 6.07) is 86.1. The second-order valence-corrected chi connectivity index (χ2v) is 32.3. The highest BCUT2D eigenvalue weighted by molar-refractivity contribution is 7.26. The molecule has 0 fully saturated rings. The maximum absolute atomic E-state index is 10.2. The molecule has 0 saturated carbocycles. The van der Waals surface area contributed by atoms with Gasteiger partial charge in [0.1, 0.15) is 23.0 Å². The lowest BCUT2D eigenvalue weighted by Gasteiger charge is -2.34. The summed E-state index contributed by atoms with van der Waals surface area (Å²) in [6.45, 7) is 27.4. The van der Waals surface area contributed by atoms with E-state index in [-0.39, 0.29) is 28.4 Å². The van der Waals surface area contributed by atoms with E-state index in [1.807, 2.05) is 23.5 Å². The lowest BCUT2D eigenvalue weighted by Crippen LogP contribution is -2.57. The van der Waals surface area contributed by atoms with Gasteiger partial charge in [-0.3, -0.25) is 0 Å². The number of aromatic nitrogens is 3. The molecule has 4 aromatic heterocycles. The molecular weight excluding hydrogens is 1200 g/mol. The van der Waals surface area contributed by atoms with Crippen molar-refractivity contribution in [3.05, 3.63) is 252 Å². The van der Waals surface area contributed by atoms with Crippen LogP contribution in [0.4, 0.5) is 0 Å². The molecule has 0 amide bonds. The topological polar surface area (TPSA) is 57.0 Å². The van der Waals surface area contributed by atoms with Crippen molar-refractivity contribution in [1.29, 1.82) is 5.26 Å². The van der Waals surface area contributed by atoms with Gasteiger partial charge in [0.2, 0.25) is 0 Å². The minimum atomic E-state index is -0.250. The fraction of sp³-hybridized carbons (Fsp3) is 0.180. The fourth-order valence-electron chi connectivity index (χ4n) is 15.9. The van der Waals surface area contributed by atoms with E-state index in [1.165, 1.54) is 69.5 Å². The largest absolute Gasteiger partial charge is 0.458 e. The summed E-state index contributed by atoms with van der Waals surface area (Å²) >= 11 is 1.85. The number of hydrogen-bond donors (Lipinski definition) is 0. The highest BCUT2D eigenvalue weighted by atomic mass is 32.1. The first-order chi connectivity index (χ1) is 46.5. The number of para-hydroxylation sites is 1. The second-order valence-electron chi connectivity index (χ2n) is 31.2. The molecule has 6 heterocycles. The molecule has 0 bridgehead atoms. The Labute approximate surface area is 570 Å². The Morgan fingerprint density at radius 1 is 0.361 bits per heavy atom. The van der Waals surface area contributed by atoms with Crippen LogP contribution in [-0.2, 0) is 21.7 Å². The summed E-state index contributed by atoms with van der Waals surface area (Å²) in [4.78, 5) is 0. The van der Waals surface area contributed by atoms with Gasteiger partial charge < -0.3 is 23.2 Å². The van der Waals surface area contributed by atoms with Gasteiger partial charge in [-0.05, 0) is 175 Å². The molecule has 0 radical (unpaired) electrons. The van der Waals surface area contributed by atoms with Crippen LogP contribution in [0.25, 0.3) is 125 Å². The molecule has 97 heavy (non-hydrogen) atoms. The zero-order valence-electron chi connectivity index (χ0n) is 57.0. The van der Waals surface area contributed by atoms with E-state index in [0.717, 1.165) is 117 Å². The minimum absolute atomic E-state index is 0.0336. The third-order valence-corrected chi connectivity index (χ3v) is 22.2. The van der Waals surface area contributed by atoms with Crippen molar-refractivity contribution in [2.24, 2.45) is 0 Å². The van der Waals surface area contributed by atoms with Crippen molar-refractivity contribution in [1.82, 2.24) is 13.7 Å². The number of ether oxygens (including phenoxy) is 2. The molecule has 0 spiro atoms. The molecule has 2 aliphatic rings. The van der Waals surface area contributed by atoms with Gasteiger partial charge in [0.25, 0.3) is 6.71 Å². The first-order valence-corrected chi connectivity index (χ1v) is 34.9. The summed E-state index contributed by atoms with van der Waals surface area (Å²) in [5.41, 5.74) is 22.9. The molecule has 0 aliphatic carbocycles. The van der Waals surface area contributed by atoms with E-state index in [4.69, 9.17) is 9.47 Å². The monoisotopic (exact) mass is 1270 g/mol. The van der Waals surface area contributed by atoms with Gasteiger partial charge >= 0.3 is 0 Å². The van der Waals surface area contributed by atoms with E-state index in [1.54, 1.807) is 0 Å². The number of nitrogens with zero attached hydrogens (tertiary/aromatic N) is 4. The van der Waals surface area contributed by atoms with Crippen LogP contribution in [0.2, 0.25) is 0 Å². The molecule has 8 heteroatoms. The van der Waals surface area contributed by atoms with Crippen LogP contribution >= 0.6 is 11.3 Å². The van der Waals surface area contributed by atoms with E-state index >= 15 is 0 Å². The van der Waals surface area contributed by atoms with Crippen LogP contribution in [0.1, 0.15) is 111 Å². The summed E-state index contributed by atoms with van der Waals surface area (Å²) < 4.78 is 24.9. The molecule has 16 aromatic rings. The molecule has 12 aromatic carbocycles. The molecule has 0 atom stereocenters. The van der Waals surface area contributed by atoms with Gasteiger partial charge in [0.05, 0.1) is 56.1 Å². The Hall–Kier alpha value is -10.6.